The normalized spacial score (nSPS) is 42.5. The number of aliphatic carboxylic acids is 1. The molecule has 1 fully saturated rings. The molecular formula is C10H21O2P. The average Bonchev–Trinajstić information content (AvgIpc) is 1.80. The molecule has 78 valence electrons. The Labute approximate surface area is 80.6 Å². The molecule has 2 nitrogen and oxygen atoms in total. The van der Waals surface area contributed by atoms with Crippen LogP contribution < -0.4 is 0 Å². The fraction of sp³-hybridized carbons (Fsp3) is 0.900. The molecule has 1 heterocycles. The molecule has 0 spiro atoms. The van der Waals surface area contributed by atoms with Gasteiger partial charge in [0.1, 0.15) is 0 Å². The second kappa shape index (κ2) is 2.11. The Bertz CT molecular complexity index is 272. The molecule has 0 aliphatic carbocycles. The first-order chi connectivity index (χ1) is 5.43. The van der Waals surface area contributed by atoms with Gasteiger partial charge in [-0.25, -0.2) is 0 Å². The third kappa shape index (κ3) is 1.01. The van der Waals surface area contributed by atoms with Crippen LogP contribution in [0, 0.1) is 5.41 Å². The van der Waals surface area contributed by atoms with Crippen LogP contribution in [0.1, 0.15) is 20.8 Å². The van der Waals surface area contributed by atoms with Crippen molar-refractivity contribution >= 4 is 12.6 Å². The van der Waals surface area contributed by atoms with Crippen LogP contribution in [-0.2, 0) is 4.79 Å². The van der Waals surface area contributed by atoms with Crippen molar-refractivity contribution in [2.45, 2.75) is 25.9 Å². The Morgan fingerprint density at radius 3 is 1.69 bits per heavy atom. The van der Waals surface area contributed by atoms with Gasteiger partial charge >= 0.3 is 80.0 Å². The van der Waals surface area contributed by atoms with E-state index in [9.17, 15) is 9.90 Å². The van der Waals surface area contributed by atoms with Crippen molar-refractivity contribution in [1.29, 1.82) is 0 Å². The molecular weight excluding hydrogens is 183 g/mol. The number of hydrogen-bond donors (Lipinski definition) is 1. The monoisotopic (exact) mass is 204 g/mol. The summed E-state index contributed by atoms with van der Waals surface area (Å²) in [6.07, 6.45) is 1.08. The average molecular weight is 204 g/mol. The van der Waals surface area contributed by atoms with Crippen molar-refractivity contribution in [2.75, 3.05) is 26.2 Å². The second-order valence-corrected chi connectivity index (χ2v) is 14.0. The summed E-state index contributed by atoms with van der Waals surface area (Å²) in [4.78, 5) is 11.4. The van der Waals surface area contributed by atoms with E-state index in [2.05, 4.69) is 33.8 Å². The first kappa shape index (κ1) is 11.0. The standard InChI is InChI=1S/C10H21O2P/c1-9(2)7-13(4,5,6)10(9,3)8(11)12/h7H2,1-6H3,(H,11,12). The Morgan fingerprint density at radius 2 is 1.62 bits per heavy atom. The molecule has 0 aromatic carbocycles. The van der Waals surface area contributed by atoms with Crippen molar-refractivity contribution in [3.05, 3.63) is 0 Å². The zero-order valence-corrected chi connectivity index (χ0v) is 10.4. The van der Waals surface area contributed by atoms with Gasteiger partial charge in [-0.15, -0.1) is 0 Å². The molecule has 0 aromatic rings. The van der Waals surface area contributed by atoms with E-state index < -0.39 is 17.7 Å². The number of hydrogen-bond acceptors (Lipinski definition) is 1. The number of carboxylic acids is 1. The summed E-state index contributed by atoms with van der Waals surface area (Å²) in [7, 11) is 0. The summed E-state index contributed by atoms with van der Waals surface area (Å²) in [6.45, 7) is 10.7. The molecule has 1 rings (SSSR count). The molecule has 1 aliphatic rings. The minimum absolute atomic E-state index is 0.0467. The maximum atomic E-state index is 11.4. The number of rotatable bonds is 1. The van der Waals surface area contributed by atoms with Crippen LogP contribution in [0.4, 0.5) is 0 Å². The van der Waals surface area contributed by atoms with Gasteiger partial charge in [-0.1, -0.05) is 0 Å². The summed E-state index contributed by atoms with van der Waals surface area (Å²) < 4.78 is 0. The van der Waals surface area contributed by atoms with E-state index in [1.165, 1.54) is 0 Å². The molecule has 0 saturated carbocycles. The van der Waals surface area contributed by atoms with Gasteiger partial charge in [-0.3, -0.25) is 0 Å². The van der Waals surface area contributed by atoms with Gasteiger partial charge in [-0.05, 0) is 0 Å². The quantitative estimate of drug-likeness (QED) is 0.665. The van der Waals surface area contributed by atoms with Gasteiger partial charge in [-0.2, -0.15) is 0 Å². The molecule has 13 heavy (non-hydrogen) atoms. The first-order valence-electron chi connectivity index (χ1n) is 4.66. The summed E-state index contributed by atoms with van der Waals surface area (Å²) in [6, 6.07) is 0. The Morgan fingerprint density at radius 1 is 1.23 bits per heavy atom. The number of carboxylic acid groups (broad SMARTS) is 1. The minimum atomic E-state index is -1.97. The van der Waals surface area contributed by atoms with E-state index in [0.29, 0.717) is 0 Å². The van der Waals surface area contributed by atoms with Crippen LogP contribution in [-0.4, -0.2) is 42.4 Å². The Balaban J connectivity index is 3.25. The van der Waals surface area contributed by atoms with Gasteiger partial charge < -0.3 is 0 Å². The molecule has 1 unspecified atom stereocenters. The summed E-state index contributed by atoms with van der Waals surface area (Å²) in [5.74, 6) is -0.617. The van der Waals surface area contributed by atoms with Gasteiger partial charge in [0.05, 0.1) is 0 Å². The molecule has 3 heteroatoms. The SMILES string of the molecule is CC1(C)CP(C)(C)(C)C1(C)C(=O)O. The van der Waals surface area contributed by atoms with E-state index in [1.54, 1.807) is 0 Å². The van der Waals surface area contributed by atoms with Gasteiger partial charge in [0.2, 0.25) is 0 Å². The Kier molecular flexibility index (Phi) is 1.78. The van der Waals surface area contributed by atoms with E-state index in [1.807, 2.05) is 6.92 Å². The topological polar surface area (TPSA) is 37.3 Å². The Hall–Kier alpha value is -0.100. The van der Waals surface area contributed by atoms with Crippen LogP contribution in [0.15, 0.2) is 0 Å². The molecule has 1 atom stereocenters. The van der Waals surface area contributed by atoms with Gasteiger partial charge in [0, 0.05) is 0 Å². The van der Waals surface area contributed by atoms with Crippen molar-refractivity contribution in [3.63, 3.8) is 0 Å². The van der Waals surface area contributed by atoms with Crippen LogP contribution in [0.25, 0.3) is 0 Å². The molecule has 0 aromatic heterocycles. The molecule has 1 N–H and O–H groups in total. The number of carbonyl (C=O) groups is 1. The van der Waals surface area contributed by atoms with Crippen molar-refractivity contribution in [3.8, 4) is 0 Å². The molecule has 0 bridgehead atoms. The van der Waals surface area contributed by atoms with Crippen molar-refractivity contribution in [2.24, 2.45) is 5.41 Å². The van der Waals surface area contributed by atoms with Crippen LogP contribution in [0.5, 0.6) is 0 Å². The molecule has 0 amide bonds. The van der Waals surface area contributed by atoms with E-state index in [4.69, 9.17) is 0 Å². The van der Waals surface area contributed by atoms with E-state index >= 15 is 0 Å². The van der Waals surface area contributed by atoms with Crippen LogP contribution in [0.3, 0.4) is 0 Å². The van der Waals surface area contributed by atoms with E-state index in [0.717, 1.165) is 6.16 Å². The third-order valence-corrected chi connectivity index (χ3v) is 10.4. The summed E-state index contributed by atoms with van der Waals surface area (Å²) >= 11 is 0. The summed E-state index contributed by atoms with van der Waals surface area (Å²) in [5, 5.41) is 8.86. The van der Waals surface area contributed by atoms with E-state index in [-0.39, 0.29) is 5.41 Å². The van der Waals surface area contributed by atoms with Crippen molar-refractivity contribution < 1.29 is 9.90 Å². The van der Waals surface area contributed by atoms with Gasteiger partial charge in [0.15, 0.2) is 0 Å². The second-order valence-electron chi connectivity index (χ2n) is 6.54. The molecule has 1 saturated heterocycles. The zero-order valence-electron chi connectivity index (χ0n) is 9.51. The summed E-state index contributed by atoms with van der Waals surface area (Å²) in [5.41, 5.74) is -0.0467. The molecule has 0 radical (unpaired) electrons. The fourth-order valence-electron chi connectivity index (χ4n) is 3.37. The van der Waals surface area contributed by atoms with Crippen LogP contribution in [0.2, 0.25) is 0 Å². The zero-order chi connectivity index (χ0) is 10.7. The maximum absolute atomic E-state index is 11.4. The first-order valence-corrected chi connectivity index (χ1v) is 8.43. The predicted molar refractivity (Wildman–Crippen MR) is 59.4 cm³/mol. The van der Waals surface area contributed by atoms with Crippen molar-refractivity contribution in [1.82, 2.24) is 0 Å². The predicted octanol–water partition coefficient (Wildman–Crippen LogP) is 2.31. The third-order valence-electron chi connectivity index (χ3n) is 4.34. The fourth-order valence-corrected chi connectivity index (χ4v) is 9.53. The molecule has 1 aliphatic heterocycles. The van der Waals surface area contributed by atoms with Crippen LogP contribution >= 0.6 is 6.60 Å². The van der Waals surface area contributed by atoms with Gasteiger partial charge in [0.25, 0.3) is 0 Å².